The van der Waals surface area contributed by atoms with Gasteiger partial charge in [-0.3, -0.25) is 0 Å². The Hall–Kier alpha value is -1.58. The van der Waals surface area contributed by atoms with Crippen molar-refractivity contribution in [2.75, 3.05) is 0 Å². The van der Waals surface area contributed by atoms with Gasteiger partial charge in [-0.15, -0.1) is 0 Å². The Bertz CT molecular complexity index is 718. The molecular weight excluding hydrogens is 284 g/mol. The Morgan fingerprint density at radius 3 is 2.62 bits per heavy atom. The second-order valence-electron chi connectivity index (χ2n) is 5.72. The maximum absolute atomic E-state index is 9.70. The van der Waals surface area contributed by atoms with Crippen molar-refractivity contribution in [1.29, 1.82) is 0 Å². The normalized spacial score (nSPS) is 21.2. The summed E-state index contributed by atoms with van der Waals surface area (Å²) in [4.78, 5) is 0. The van der Waals surface area contributed by atoms with Crippen molar-refractivity contribution in [1.82, 2.24) is 9.78 Å². The minimum absolute atomic E-state index is 0.245. The van der Waals surface area contributed by atoms with E-state index in [1.54, 1.807) is 0 Å². The third kappa shape index (κ3) is 2.52. The molecule has 1 aromatic carbocycles. The number of hydrogen-bond acceptors (Lipinski definition) is 2. The van der Waals surface area contributed by atoms with Gasteiger partial charge in [0.05, 0.1) is 17.5 Å². The molecule has 0 saturated carbocycles. The Morgan fingerprint density at radius 1 is 1.24 bits per heavy atom. The van der Waals surface area contributed by atoms with Gasteiger partial charge in [0.15, 0.2) is 0 Å². The molecule has 1 aliphatic carbocycles. The van der Waals surface area contributed by atoms with Crippen molar-refractivity contribution < 1.29 is 5.11 Å². The van der Waals surface area contributed by atoms with Gasteiger partial charge in [0.2, 0.25) is 0 Å². The van der Waals surface area contributed by atoms with Crippen LogP contribution in [0.3, 0.4) is 0 Å². The molecule has 1 aromatic heterocycles. The van der Waals surface area contributed by atoms with Crippen LogP contribution < -0.4 is 0 Å². The molecule has 110 valence electrons. The Balaban J connectivity index is 2.05. The van der Waals surface area contributed by atoms with Gasteiger partial charge in [-0.2, -0.15) is 5.10 Å². The molecule has 2 aromatic rings. The first-order valence-electron chi connectivity index (χ1n) is 7.16. The summed E-state index contributed by atoms with van der Waals surface area (Å²) in [6, 6.07) is 5.98. The molecule has 1 N–H and O–H groups in total. The number of hydrogen-bond donors (Lipinski definition) is 1. The fourth-order valence-corrected chi connectivity index (χ4v) is 3.22. The maximum Gasteiger partial charge on any atom is 0.0730 e. The fraction of sp³-hybridized carbons (Fsp3) is 0.353. The number of halogens is 1. The number of aliphatic hydroxyl groups is 1. The highest BCUT2D eigenvalue weighted by Gasteiger charge is 2.25. The molecule has 0 aliphatic heterocycles. The van der Waals surface area contributed by atoms with E-state index < -0.39 is 0 Å². The monoisotopic (exact) mass is 302 g/mol. The van der Waals surface area contributed by atoms with E-state index in [1.165, 1.54) is 5.56 Å². The zero-order valence-corrected chi connectivity index (χ0v) is 13.2. The number of aryl methyl sites for hydroxylation is 2. The number of rotatable bonds is 2. The lowest BCUT2D eigenvalue weighted by atomic mass is 9.96. The van der Waals surface area contributed by atoms with Crippen LogP contribution in [0.5, 0.6) is 0 Å². The molecule has 21 heavy (non-hydrogen) atoms. The quantitative estimate of drug-likeness (QED) is 0.856. The molecule has 3 nitrogen and oxygen atoms in total. The molecule has 1 heterocycles. The van der Waals surface area contributed by atoms with Crippen LogP contribution in [0.1, 0.15) is 34.9 Å². The van der Waals surface area contributed by atoms with Crippen molar-refractivity contribution in [3.63, 3.8) is 0 Å². The van der Waals surface area contributed by atoms with Crippen LogP contribution in [0.15, 0.2) is 30.4 Å². The van der Waals surface area contributed by atoms with Gasteiger partial charge < -0.3 is 5.11 Å². The summed E-state index contributed by atoms with van der Waals surface area (Å²) in [5.41, 5.74) is 5.35. The third-order valence-corrected chi connectivity index (χ3v) is 4.59. The van der Waals surface area contributed by atoms with Crippen LogP contribution in [-0.4, -0.2) is 21.0 Å². The van der Waals surface area contributed by atoms with Crippen molar-refractivity contribution in [3.8, 4) is 5.69 Å². The molecule has 1 aliphatic rings. The van der Waals surface area contributed by atoms with Crippen LogP contribution in [-0.2, 0) is 0 Å². The maximum atomic E-state index is 9.70. The first-order valence-corrected chi connectivity index (χ1v) is 7.54. The van der Waals surface area contributed by atoms with Gasteiger partial charge in [0.25, 0.3) is 0 Å². The standard InChI is InChI=1S/C17H19ClN2O/c1-10-4-6-14(9-16(10)18)20-12(3)17(11(2)19-20)13-5-7-15(21)8-13/h4-7,9,13,15,21H,8H2,1-3H3/t13-,15+/m0/s1. The van der Waals surface area contributed by atoms with Crippen LogP contribution in [0.25, 0.3) is 5.69 Å². The van der Waals surface area contributed by atoms with Crippen LogP contribution in [0.4, 0.5) is 0 Å². The molecular formula is C17H19ClN2O. The summed E-state index contributed by atoms with van der Waals surface area (Å²) in [5, 5.41) is 15.1. The summed E-state index contributed by atoms with van der Waals surface area (Å²) < 4.78 is 1.94. The number of nitrogens with zero attached hydrogens (tertiary/aromatic N) is 2. The van der Waals surface area contributed by atoms with Crippen LogP contribution in [0.2, 0.25) is 5.02 Å². The molecule has 0 unspecified atom stereocenters. The lowest BCUT2D eigenvalue weighted by Crippen LogP contribution is -2.03. The summed E-state index contributed by atoms with van der Waals surface area (Å²) in [7, 11) is 0. The zero-order chi connectivity index (χ0) is 15.1. The van der Waals surface area contributed by atoms with Crippen molar-refractivity contribution in [2.24, 2.45) is 0 Å². The second-order valence-corrected chi connectivity index (χ2v) is 6.13. The minimum atomic E-state index is -0.342. The molecule has 2 atom stereocenters. The van der Waals surface area contributed by atoms with E-state index in [0.29, 0.717) is 0 Å². The van der Waals surface area contributed by atoms with E-state index in [4.69, 9.17) is 11.6 Å². The average molecular weight is 303 g/mol. The number of allylic oxidation sites excluding steroid dienone is 1. The fourth-order valence-electron chi connectivity index (χ4n) is 3.05. The molecule has 0 bridgehead atoms. The highest BCUT2D eigenvalue weighted by atomic mass is 35.5. The SMILES string of the molecule is Cc1ccc(-n2nc(C)c([C@H]3C=C[C@@H](O)C3)c2C)cc1Cl. The van der Waals surface area contributed by atoms with E-state index in [-0.39, 0.29) is 12.0 Å². The average Bonchev–Trinajstić information content (AvgIpc) is 2.97. The Morgan fingerprint density at radius 2 is 2.00 bits per heavy atom. The largest absolute Gasteiger partial charge is 0.389 e. The van der Waals surface area contributed by atoms with Gasteiger partial charge in [-0.1, -0.05) is 29.8 Å². The smallest absolute Gasteiger partial charge is 0.0730 e. The summed E-state index contributed by atoms with van der Waals surface area (Å²) >= 11 is 6.22. The van der Waals surface area contributed by atoms with E-state index in [9.17, 15) is 5.11 Å². The highest BCUT2D eigenvalue weighted by Crippen LogP contribution is 2.34. The molecule has 4 heteroatoms. The van der Waals surface area contributed by atoms with Gasteiger partial charge in [0.1, 0.15) is 0 Å². The first-order chi connectivity index (χ1) is 9.97. The van der Waals surface area contributed by atoms with Crippen LogP contribution >= 0.6 is 11.6 Å². The second kappa shape index (κ2) is 5.32. The first kappa shape index (κ1) is 14.4. The molecule has 0 fully saturated rings. The van der Waals surface area contributed by atoms with Crippen molar-refractivity contribution in [3.05, 3.63) is 57.9 Å². The summed E-state index contributed by atoms with van der Waals surface area (Å²) in [6.07, 6.45) is 4.34. The topological polar surface area (TPSA) is 38.0 Å². The van der Waals surface area contributed by atoms with Crippen LogP contribution in [0, 0.1) is 20.8 Å². The molecule has 0 spiro atoms. The van der Waals surface area contributed by atoms with Gasteiger partial charge >= 0.3 is 0 Å². The zero-order valence-electron chi connectivity index (χ0n) is 12.5. The summed E-state index contributed by atoms with van der Waals surface area (Å²) in [6.45, 7) is 6.08. The van der Waals surface area contributed by atoms with E-state index in [2.05, 4.69) is 18.1 Å². The lowest BCUT2D eigenvalue weighted by Gasteiger charge is -2.11. The third-order valence-electron chi connectivity index (χ3n) is 4.18. The molecule has 0 amide bonds. The molecule has 0 saturated heterocycles. The van der Waals surface area contributed by atoms with Gasteiger partial charge in [0, 0.05) is 22.2 Å². The Kier molecular flexibility index (Phi) is 3.64. The molecule has 0 radical (unpaired) electrons. The van der Waals surface area contributed by atoms with E-state index in [1.807, 2.05) is 42.8 Å². The highest BCUT2D eigenvalue weighted by molar-refractivity contribution is 6.31. The lowest BCUT2D eigenvalue weighted by molar-refractivity contribution is 0.218. The van der Waals surface area contributed by atoms with Gasteiger partial charge in [-0.05, 0) is 44.9 Å². The van der Waals surface area contributed by atoms with Crippen molar-refractivity contribution in [2.45, 2.75) is 39.2 Å². The number of aliphatic hydroxyl groups excluding tert-OH is 1. The van der Waals surface area contributed by atoms with Crippen molar-refractivity contribution >= 4 is 11.6 Å². The number of aromatic nitrogens is 2. The minimum Gasteiger partial charge on any atom is -0.389 e. The molecule has 3 rings (SSSR count). The predicted octanol–water partition coefficient (Wildman–Crippen LogP) is 3.86. The predicted molar refractivity (Wildman–Crippen MR) is 85.3 cm³/mol. The number of benzene rings is 1. The Labute approximate surface area is 129 Å². The van der Waals surface area contributed by atoms with E-state index >= 15 is 0 Å². The van der Waals surface area contributed by atoms with Gasteiger partial charge in [-0.25, -0.2) is 4.68 Å². The summed E-state index contributed by atoms with van der Waals surface area (Å²) in [5.74, 6) is 0.245. The van der Waals surface area contributed by atoms with E-state index in [0.717, 1.165) is 34.1 Å².